The van der Waals surface area contributed by atoms with Crippen molar-refractivity contribution in [2.24, 2.45) is 5.92 Å². The van der Waals surface area contributed by atoms with E-state index in [-0.39, 0.29) is 6.04 Å². The highest BCUT2D eigenvalue weighted by Gasteiger charge is 2.35. The van der Waals surface area contributed by atoms with E-state index in [1.165, 1.54) is 17.0 Å². The Morgan fingerprint density at radius 2 is 1.82 bits per heavy atom. The minimum atomic E-state index is -4.16. The summed E-state index contributed by atoms with van der Waals surface area (Å²) in [6.45, 7) is 10.8. The molecule has 1 saturated heterocycles. The van der Waals surface area contributed by atoms with E-state index >= 15 is 0 Å². The van der Waals surface area contributed by atoms with E-state index in [1.807, 2.05) is 30.9 Å². The third-order valence-electron chi connectivity index (χ3n) is 6.34. The molecule has 0 bridgehead atoms. The van der Waals surface area contributed by atoms with Gasteiger partial charge in [-0.2, -0.15) is 13.2 Å². The summed E-state index contributed by atoms with van der Waals surface area (Å²) >= 11 is 0. The molecule has 1 fully saturated rings. The van der Waals surface area contributed by atoms with E-state index in [0.717, 1.165) is 47.4 Å². The Hall–Kier alpha value is -2.61. The summed E-state index contributed by atoms with van der Waals surface area (Å²) in [5.74, 6) is -0.388. The number of hydrogen-bond acceptors (Lipinski definition) is 2. The first kappa shape index (κ1) is 26.0. The maximum atomic E-state index is 12.9. The highest BCUT2D eigenvalue weighted by atomic mass is 19.4. The van der Waals surface area contributed by atoms with Gasteiger partial charge in [0.1, 0.15) is 11.6 Å². The number of H-pyrrole nitrogens is 1. The summed E-state index contributed by atoms with van der Waals surface area (Å²) in [6, 6.07) is 3.57. The number of rotatable bonds is 3. The van der Waals surface area contributed by atoms with E-state index in [4.69, 9.17) is 0 Å². The van der Waals surface area contributed by atoms with Crippen molar-refractivity contribution in [3.63, 3.8) is 0 Å². The summed E-state index contributed by atoms with van der Waals surface area (Å²) in [7, 11) is 0. The number of fused-ring (bicyclic) bond motifs is 1. The van der Waals surface area contributed by atoms with Crippen LogP contribution < -0.4 is 15.5 Å². The molecule has 3 nitrogen and oxygen atoms in total. The molecule has 34 heavy (non-hydrogen) atoms. The lowest BCUT2D eigenvalue weighted by atomic mass is 9.99. The second-order valence-corrected chi connectivity index (χ2v) is 9.14. The molecule has 1 aromatic carbocycles. The monoisotopic (exact) mass is 481 g/mol. The average molecular weight is 482 g/mol. The van der Waals surface area contributed by atoms with Crippen LogP contribution in [0.4, 0.5) is 27.6 Å². The van der Waals surface area contributed by atoms with Crippen LogP contribution in [0.3, 0.4) is 0 Å². The van der Waals surface area contributed by atoms with Gasteiger partial charge < -0.3 is 9.88 Å². The van der Waals surface area contributed by atoms with Crippen molar-refractivity contribution in [1.82, 2.24) is 9.88 Å². The van der Waals surface area contributed by atoms with Gasteiger partial charge in [0.05, 0.1) is 6.54 Å². The molecule has 0 saturated carbocycles. The van der Waals surface area contributed by atoms with Crippen molar-refractivity contribution < 1.29 is 22.0 Å². The number of benzene rings is 1. The Labute approximate surface area is 197 Å². The fourth-order valence-corrected chi connectivity index (χ4v) is 4.69. The number of aromatic amines is 1. The number of hydrogen-bond donors (Lipinski definition) is 1. The molecule has 2 aromatic rings. The Morgan fingerprint density at radius 1 is 1.15 bits per heavy atom. The molecular formula is C26H32F5N3. The van der Waals surface area contributed by atoms with Crippen molar-refractivity contribution in [2.75, 3.05) is 24.5 Å². The number of nitrogens with one attached hydrogen (secondary N) is 1. The first-order chi connectivity index (χ1) is 16.0. The van der Waals surface area contributed by atoms with Crippen molar-refractivity contribution in [3.05, 3.63) is 64.3 Å². The molecule has 2 aliphatic heterocycles. The molecule has 0 radical (unpaired) electrons. The Kier molecular flexibility index (Phi) is 8.23. The Balaban J connectivity index is 0.000000202. The predicted octanol–water partition coefficient (Wildman–Crippen LogP) is 4.90. The summed E-state index contributed by atoms with van der Waals surface area (Å²) in [6.07, 6.45) is 3.10. The number of anilines is 1. The van der Waals surface area contributed by atoms with Gasteiger partial charge in [-0.25, -0.2) is 8.78 Å². The number of allylic oxidation sites excluding steroid dienone is 1. The van der Waals surface area contributed by atoms with Gasteiger partial charge in [0.2, 0.25) is 0 Å². The molecule has 0 aliphatic carbocycles. The van der Waals surface area contributed by atoms with Crippen LogP contribution in [0.25, 0.3) is 12.2 Å². The lowest BCUT2D eigenvalue weighted by Crippen LogP contribution is -2.44. The molecule has 2 aliphatic rings. The highest BCUT2D eigenvalue weighted by Crippen LogP contribution is 2.25. The number of nitrogens with zero attached hydrogens (tertiary/aromatic N) is 2. The molecule has 2 atom stereocenters. The number of halogens is 5. The lowest BCUT2D eigenvalue weighted by molar-refractivity contribution is -0.152. The minimum absolute atomic E-state index is 0.116. The molecule has 0 amide bonds. The van der Waals surface area contributed by atoms with Crippen LogP contribution in [0.1, 0.15) is 38.4 Å². The Bertz CT molecular complexity index is 1100. The van der Waals surface area contributed by atoms with Crippen LogP contribution in [0.2, 0.25) is 0 Å². The summed E-state index contributed by atoms with van der Waals surface area (Å²) in [5.41, 5.74) is 2.67. The van der Waals surface area contributed by atoms with E-state index < -0.39 is 24.4 Å². The van der Waals surface area contributed by atoms with Crippen molar-refractivity contribution in [3.8, 4) is 0 Å². The normalized spacial score (nSPS) is 21.9. The van der Waals surface area contributed by atoms with Crippen LogP contribution in [0.5, 0.6) is 0 Å². The van der Waals surface area contributed by atoms with Crippen LogP contribution >= 0.6 is 0 Å². The first-order valence-electron chi connectivity index (χ1n) is 11.5. The fraction of sp³-hybridized carbons (Fsp3) is 0.462. The van der Waals surface area contributed by atoms with Gasteiger partial charge in [-0.15, -0.1) is 0 Å². The van der Waals surface area contributed by atoms with E-state index in [2.05, 4.69) is 18.5 Å². The standard InChI is InChI=1S/C15H19F3N2.C11H13F2N/c1-4-6-13-11(5-2)12-7-10(3)20(8-14(12)19-13)9-15(16,17)18;1-8-2-3-14(7-8)11-5-9(12)4-10(13)6-11/h4-6,10,19H,1,7-9H2,2-3H3;4-6,8H,2-3,7H2,1H3/b11-5-,13-6+;. The smallest absolute Gasteiger partial charge is 0.371 e. The summed E-state index contributed by atoms with van der Waals surface area (Å²) in [4.78, 5) is 6.72. The maximum Gasteiger partial charge on any atom is 0.401 e. The molecule has 0 spiro atoms. The van der Waals surface area contributed by atoms with Crippen molar-refractivity contribution in [1.29, 1.82) is 0 Å². The minimum Gasteiger partial charge on any atom is -0.371 e. The second-order valence-electron chi connectivity index (χ2n) is 9.14. The molecule has 1 aromatic heterocycles. The number of alkyl halides is 3. The van der Waals surface area contributed by atoms with Crippen LogP contribution in [0, 0.1) is 17.6 Å². The zero-order chi connectivity index (χ0) is 25.0. The SMILES string of the molecule is C=C/C=c1/[nH]c2c(/c1=C/C)CC(C)N(CC(F)(F)F)C2.CC1CCN(c2cc(F)cc(F)c2)C1. The van der Waals surface area contributed by atoms with Gasteiger partial charge in [0.15, 0.2) is 0 Å². The largest absolute Gasteiger partial charge is 0.401 e. The van der Waals surface area contributed by atoms with Crippen molar-refractivity contribution in [2.45, 2.75) is 52.4 Å². The second kappa shape index (κ2) is 10.8. The van der Waals surface area contributed by atoms with Gasteiger partial charge in [-0.3, -0.25) is 4.90 Å². The Morgan fingerprint density at radius 3 is 2.35 bits per heavy atom. The first-order valence-corrected chi connectivity index (χ1v) is 11.5. The predicted molar refractivity (Wildman–Crippen MR) is 127 cm³/mol. The molecule has 3 heterocycles. The topological polar surface area (TPSA) is 22.3 Å². The van der Waals surface area contributed by atoms with Gasteiger partial charge in [-0.1, -0.05) is 25.7 Å². The zero-order valence-electron chi connectivity index (χ0n) is 19.9. The average Bonchev–Trinajstić information content (AvgIpc) is 3.30. The lowest BCUT2D eigenvalue weighted by Gasteiger charge is -2.33. The fourth-order valence-electron chi connectivity index (χ4n) is 4.69. The zero-order valence-corrected chi connectivity index (χ0v) is 19.9. The van der Waals surface area contributed by atoms with Gasteiger partial charge in [0.25, 0.3) is 0 Å². The van der Waals surface area contributed by atoms with Crippen LogP contribution in [-0.2, 0) is 13.0 Å². The summed E-state index contributed by atoms with van der Waals surface area (Å²) in [5, 5.41) is 2.01. The van der Waals surface area contributed by atoms with Gasteiger partial charge >= 0.3 is 6.18 Å². The molecular weight excluding hydrogens is 449 g/mol. The number of aromatic nitrogens is 1. The van der Waals surface area contributed by atoms with Crippen molar-refractivity contribution >= 4 is 17.8 Å². The van der Waals surface area contributed by atoms with Gasteiger partial charge in [0, 0.05) is 48.5 Å². The third-order valence-corrected chi connectivity index (χ3v) is 6.34. The molecule has 4 rings (SSSR count). The van der Waals surface area contributed by atoms with Gasteiger partial charge in [-0.05, 0) is 61.6 Å². The highest BCUT2D eigenvalue weighted by molar-refractivity contribution is 5.47. The van der Waals surface area contributed by atoms with E-state index in [1.54, 1.807) is 6.08 Å². The van der Waals surface area contributed by atoms with E-state index in [0.29, 0.717) is 24.6 Å². The van der Waals surface area contributed by atoms with Crippen LogP contribution in [0.15, 0.2) is 30.9 Å². The quantitative estimate of drug-likeness (QED) is 0.630. The maximum absolute atomic E-state index is 12.9. The summed E-state index contributed by atoms with van der Waals surface area (Å²) < 4.78 is 63.6. The van der Waals surface area contributed by atoms with Crippen LogP contribution in [-0.4, -0.2) is 41.7 Å². The third kappa shape index (κ3) is 6.50. The van der Waals surface area contributed by atoms with E-state index in [9.17, 15) is 22.0 Å². The molecule has 186 valence electrons. The molecule has 8 heteroatoms. The molecule has 2 unspecified atom stereocenters. The molecule has 1 N–H and O–H groups in total.